The summed E-state index contributed by atoms with van der Waals surface area (Å²) in [6, 6.07) is 6.71. The van der Waals surface area contributed by atoms with Crippen LogP contribution in [0.3, 0.4) is 0 Å². The van der Waals surface area contributed by atoms with Crippen LogP contribution in [-0.4, -0.2) is 44.9 Å². The zero-order chi connectivity index (χ0) is 16.9. The molecule has 1 aromatic rings. The number of nitrogens with zero attached hydrogens (tertiary/aromatic N) is 1. The van der Waals surface area contributed by atoms with Crippen molar-refractivity contribution < 1.29 is 23.0 Å². The highest BCUT2D eigenvalue weighted by Gasteiger charge is 2.27. The van der Waals surface area contributed by atoms with Gasteiger partial charge in [0, 0.05) is 19.1 Å². The quantitative estimate of drug-likeness (QED) is 0.790. The first-order valence-corrected chi connectivity index (χ1v) is 8.27. The molecule has 1 saturated heterocycles. The van der Waals surface area contributed by atoms with Crippen LogP contribution in [0.4, 0.5) is 14.5 Å². The maximum atomic E-state index is 12.5. The van der Waals surface area contributed by atoms with Gasteiger partial charge in [-0.1, -0.05) is 12.1 Å². The Morgan fingerprint density at radius 2 is 2.08 bits per heavy atom. The largest absolute Gasteiger partial charge is 0.433 e. The van der Waals surface area contributed by atoms with E-state index in [1.807, 2.05) is 4.90 Å². The van der Waals surface area contributed by atoms with Gasteiger partial charge in [-0.05, 0) is 37.3 Å². The summed E-state index contributed by atoms with van der Waals surface area (Å²) >= 11 is 0. The summed E-state index contributed by atoms with van der Waals surface area (Å²) in [5.41, 5.74) is 0.625. The smallest absolute Gasteiger partial charge is 0.387 e. The third-order valence-corrected chi connectivity index (χ3v) is 4.26. The van der Waals surface area contributed by atoms with E-state index in [9.17, 15) is 13.6 Å². The van der Waals surface area contributed by atoms with E-state index in [4.69, 9.17) is 4.74 Å². The molecule has 24 heavy (non-hydrogen) atoms. The van der Waals surface area contributed by atoms with Crippen LogP contribution in [0.1, 0.15) is 19.3 Å². The second-order valence-electron chi connectivity index (χ2n) is 6.30. The highest BCUT2D eigenvalue weighted by atomic mass is 19.3. The van der Waals surface area contributed by atoms with Gasteiger partial charge >= 0.3 is 6.61 Å². The SMILES string of the molecule is O=C(COCC1CC1)NC1CCN(c2ccccc2OC(F)F)C1. The molecule has 1 unspecified atom stereocenters. The Hall–Kier alpha value is -1.89. The minimum atomic E-state index is -2.85. The summed E-state index contributed by atoms with van der Waals surface area (Å²) in [4.78, 5) is 13.8. The first-order valence-electron chi connectivity index (χ1n) is 8.27. The van der Waals surface area contributed by atoms with E-state index in [-0.39, 0.29) is 24.3 Å². The van der Waals surface area contributed by atoms with Gasteiger partial charge in [0.05, 0.1) is 12.3 Å². The zero-order valence-electron chi connectivity index (χ0n) is 13.4. The molecule has 1 N–H and O–H groups in total. The lowest BCUT2D eigenvalue weighted by atomic mass is 10.2. The van der Waals surface area contributed by atoms with Crippen molar-refractivity contribution in [3.8, 4) is 5.75 Å². The molecular formula is C17H22F2N2O3. The molecule has 2 fully saturated rings. The molecule has 1 heterocycles. The molecule has 3 rings (SSSR count). The summed E-state index contributed by atoms with van der Waals surface area (Å²) < 4.78 is 35.0. The predicted molar refractivity (Wildman–Crippen MR) is 85.4 cm³/mol. The standard InChI is InChI=1S/C17H22F2N2O3/c18-17(19)24-15-4-2-1-3-14(15)21-8-7-13(9-21)20-16(22)11-23-10-12-5-6-12/h1-4,12-13,17H,5-11H2,(H,20,22). The second-order valence-corrected chi connectivity index (χ2v) is 6.30. The molecule has 1 saturated carbocycles. The fourth-order valence-electron chi connectivity index (χ4n) is 2.88. The normalized spacial score (nSPS) is 20.5. The predicted octanol–water partition coefficient (Wildman–Crippen LogP) is 2.41. The fraction of sp³-hybridized carbons (Fsp3) is 0.588. The number of benzene rings is 1. The molecule has 132 valence electrons. The molecule has 7 heteroatoms. The van der Waals surface area contributed by atoms with Crippen molar-refractivity contribution in [1.29, 1.82) is 0 Å². The van der Waals surface area contributed by atoms with E-state index < -0.39 is 6.61 Å². The van der Waals surface area contributed by atoms with Crippen molar-refractivity contribution in [2.45, 2.75) is 31.9 Å². The maximum Gasteiger partial charge on any atom is 0.387 e. The third-order valence-electron chi connectivity index (χ3n) is 4.26. The van der Waals surface area contributed by atoms with Crippen molar-refractivity contribution in [1.82, 2.24) is 5.32 Å². The van der Waals surface area contributed by atoms with E-state index in [2.05, 4.69) is 10.1 Å². The van der Waals surface area contributed by atoms with Gasteiger partial charge in [-0.15, -0.1) is 0 Å². The number of halogens is 2. The average molecular weight is 340 g/mol. The monoisotopic (exact) mass is 340 g/mol. The van der Waals surface area contributed by atoms with Crippen LogP contribution in [-0.2, 0) is 9.53 Å². The Morgan fingerprint density at radius 1 is 1.29 bits per heavy atom. The number of ether oxygens (including phenoxy) is 2. The van der Waals surface area contributed by atoms with Gasteiger partial charge < -0.3 is 19.7 Å². The van der Waals surface area contributed by atoms with Crippen LogP contribution in [0.25, 0.3) is 0 Å². The molecule has 1 aliphatic heterocycles. The van der Waals surface area contributed by atoms with E-state index in [0.717, 1.165) is 6.42 Å². The Bertz CT molecular complexity index is 567. The van der Waals surface area contributed by atoms with E-state index in [0.29, 0.717) is 31.3 Å². The number of nitrogens with one attached hydrogen (secondary N) is 1. The lowest BCUT2D eigenvalue weighted by Gasteiger charge is -2.22. The molecule has 0 radical (unpaired) electrons. The molecule has 5 nitrogen and oxygen atoms in total. The number of carbonyl (C=O) groups is 1. The van der Waals surface area contributed by atoms with Gasteiger partial charge in [-0.2, -0.15) is 8.78 Å². The number of anilines is 1. The molecule has 1 amide bonds. The highest BCUT2D eigenvalue weighted by Crippen LogP contribution is 2.32. The van der Waals surface area contributed by atoms with E-state index in [1.54, 1.807) is 18.2 Å². The number of rotatable bonds is 8. The number of amides is 1. The van der Waals surface area contributed by atoms with Crippen molar-refractivity contribution in [2.75, 3.05) is 31.2 Å². The first-order chi connectivity index (χ1) is 11.6. The molecular weight excluding hydrogens is 318 g/mol. The summed E-state index contributed by atoms with van der Waals surface area (Å²) in [6.45, 7) is -0.872. The van der Waals surface area contributed by atoms with E-state index in [1.165, 1.54) is 18.9 Å². The lowest BCUT2D eigenvalue weighted by molar-refractivity contribution is -0.126. The van der Waals surface area contributed by atoms with Crippen LogP contribution >= 0.6 is 0 Å². The Balaban J connectivity index is 1.48. The Kier molecular flexibility index (Phi) is 5.50. The highest BCUT2D eigenvalue weighted by molar-refractivity contribution is 5.77. The summed E-state index contributed by atoms with van der Waals surface area (Å²) in [5.74, 6) is 0.665. The van der Waals surface area contributed by atoms with Gasteiger partial charge in [-0.25, -0.2) is 0 Å². The van der Waals surface area contributed by atoms with Crippen LogP contribution < -0.4 is 15.0 Å². The number of hydrogen-bond acceptors (Lipinski definition) is 4. The van der Waals surface area contributed by atoms with Gasteiger partial charge in [0.15, 0.2) is 0 Å². The number of hydrogen-bond donors (Lipinski definition) is 1. The van der Waals surface area contributed by atoms with Gasteiger partial charge in [-0.3, -0.25) is 4.79 Å². The third kappa shape index (κ3) is 4.80. The molecule has 2 aliphatic rings. The second kappa shape index (κ2) is 7.79. The summed E-state index contributed by atoms with van der Waals surface area (Å²) in [6.07, 6.45) is 3.15. The van der Waals surface area contributed by atoms with Gasteiger partial charge in [0.1, 0.15) is 12.4 Å². The average Bonchev–Trinajstić information content (AvgIpc) is 3.25. The molecule has 1 aromatic carbocycles. The maximum absolute atomic E-state index is 12.5. The van der Waals surface area contributed by atoms with Gasteiger partial charge in [0.2, 0.25) is 5.91 Å². The minimum Gasteiger partial charge on any atom is -0.433 e. The van der Waals surface area contributed by atoms with Crippen molar-refractivity contribution >= 4 is 11.6 Å². The van der Waals surface area contributed by atoms with Crippen LogP contribution in [0.2, 0.25) is 0 Å². The summed E-state index contributed by atoms with van der Waals surface area (Å²) in [5, 5.41) is 2.94. The fourth-order valence-corrected chi connectivity index (χ4v) is 2.88. The minimum absolute atomic E-state index is 0.0124. The Morgan fingerprint density at radius 3 is 2.83 bits per heavy atom. The molecule has 0 aromatic heterocycles. The van der Waals surface area contributed by atoms with Crippen LogP contribution in [0.15, 0.2) is 24.3 Å². The molecule has 1 atom stereocenters. The van der Waals surface area contributed by atoms with Crippen molar-refractivity contribution in [3.63, 3.8) is 0 Å². The molecule has 0 spiro atoms. The van der Waals surface area contributed by atoms with Crippen molar-refractivity contribution in [2.24, 2.45) is 5.92 Å². The van der Waals surface area contributed by atoms with Crippen LogP contribution in [0.5, 0.6) is 5.75 Å². The molecule has 1 aliphatic carbocycles. The topological polar surface area (TPSA) is 50.8 Å². The molecule has 0 bridgehead atoms. The zero-order valence-corrected chi connectivity index (χ0v) is 13.4. The number of para-hydroxylation sites is 2. The van der Waals surface area contributed by atoms with E-state index >= 15 is 0 Å². The lowest BCUT2D eigenvalue weighted by Crippen LogP contribution is -2.39. The first kappa shape index (κ1) is 17.0. The van der Waals surface area contributed by atoms with Crippen molar-refractivity contribution in [3.05, 3.63) is 24.3 Å². The Labute approximate surface area is 139 Å². The summed E-state index contributed by atoms with van der Waals surface area (Å²) in [7, 11) is 0. The van der Waals surface area contributed by atoms with Crippen LogP contribution in [0, 0.1) is 5.92 Å². The van der Waals surface area contributed by atoms with Gasteiger partial charge in [0.25, 0.3) is 0 Å². The number of alkyl halides is 2. The number of carbonyl (C=O) groups excluding carboxylic acids is 1.